The van der Waals surface area contributed by atoms with Crippen molar-refractivity contribution in [2.75, 3.05) is 13.6 Å². The highest BCUT2D eigenvalue weighted by Gasteiger charge is 2.31. The van der Waals surface area contributed by atoms with Gasteiger partial charge in [0.25, 0.3) is 0 Å². The molecule has 2 N–H and O–H groups in total. The Kier molecular flexibility index (Phi) is 6.17. The molecule has 1 aliphatic carbocycles. The highest BCUT2D eigenvalue weighted by molar-refractivity contribution is 5.76. The minimum Gasteiger partial charge on any atom is -0.488 e. The molecule has 0 heterocycles. The van der Waals surface area contributed by atoms with Gasteiger partial charge in [0.1, 0.15) is 23.5 Å². The molecule has 0 radical (unpaired) electrons. The summed E-state index contributed by atoms with van der Waals surface area (Å²) in [6.45, 7) is 1.60. The van der Waals surface area contributed by atoms with E-state index < -0.39 is 35.7 Å². The SMILES string of the molecule is CC(CN(C)C(=O)N[C@H]1CCC[C@H]1Oc1cc(F)cc(F)c1)C(=O)O. The number of benzene rings is 1. The van der Waals surface area contributed by atoms with E-state index in [1.807, 2.05) is 0 Å². The quantitative estimate of drug-likeness (QED) is 0.821. The molecule has 0 aromatic heterocycles. The van der Waals surface area contributed by atoms with Crippen molar-refractivity contribution in [1.82, 2.24) is 10.2 Å². The van der Waals surface area contributed by atoms with Gasteiger partial charge in [0, 0.05) is 31.8 Å². The first-order chi connectivity index (χ1) is 11.8. The van der Waals surface area contributed by atoms with Gasteiger partial charge in [-0.2, -0.15) is 0 Å². The largest absolute Gasteiger partial charge is 0.488 e. The predicted octanol–water partition coefficient (Wildman–Crippen LogP) is 2.63. The first kappa shape index (κ1) is 19.0. The van der Waals surface area contributed by atoms with Crippen molar-refractivity contribution in [3.05, 3.63) is 29.8 Å². The molecule has 2 rings (SSSR count). The van der Waals surface area contributed by atoms with Crippen LogP contribution in [0, 0.1) is 17.6 Å². The Morgan fingerprint density at radius 1 is 1.32 bits per heavy atom. The summed E-state index contributed by atoms with van der Waals surface area (Å²) in [5.41, 5.74) is 0. The van der Waals surface area contributed by atoms with E-state index in [1.54, 1.807) is 0 Å². The van der Waals surface area contributed by atoms with Crippen molar-refractivity contribution < 1.29 is 28.2 Å². The molecule has 0 spiro atoms. The lowest BCUT2D eigenvalue weighted by atomic mass is 10.2. The molecule has 1 aromatic rings. The third-order valence-electron chi connectivity index (χ3n) is 4.20. The average Bonchev–Trinajstić information content (AvgIpc) is 2.92. The van der Waals surface area contributed by atoms with Crippen molar-refractivity contribution in [3.63, 3.8) is 0 Å². The number of aliphatic carboxylic acids is 1. The number of urea groups is 1. The average molecular weight is 356 g/mol. The summed E-state index contributed by atoms with van der Waals surface area (Å²) in [7, 11) is 1.52. The number of hydrogen-bond donors (Lipinski definition) is 2. The van der Waals surface area contributed by atoms with Crippen LogP contribution in [0.4, 0.5) is 13.6 Å². The van der Waals surface area contributed by atoms with Crippen LogP contribution in [0.1, 0.15) is 26.2 Å². The van der Waals surface area contributed by atoms with Gasteiger partial charge < -0.3 is 20.1 Å². The minimum absolute atomic E-state index is 0.0779. The lowest BCUT2D eigenvalue weighted by molar-refractivity contribution is -0.141. The Morgan fingerprint density at radius 3 is 2.56 bits per heavy atom. The van der Waals surface area contributed by atoms with Gasteiger partial charge >= 0.3 is 12.0 Å². The predicted molar refractivity (Wildman–Crippen MR) is 86.4 cm³/mol. The highest BCUT2D eigenvalue weighted by Crippen LogP contribution is 2.26. The van der Waals surface area contributed by atoms with Gasteiger partial charge in [-0.05, 0) is 19.3 Å². The third-order valence-corrected chi connectivity index (χ3v) is 4.20. The van der Waals surface area contributed by atoms with E-state index >= 15 is 0 Å². The molecule has 0 saturated heterocycles. The van der Waals surface area contributed by atoms with Crippen LogP contribution in [0.15, 0.2) is 18.2 Å². The van der Waals surface area contributed by atoms with Crippen LogP contribution in [-0.4, -0.2) is 47.7 Å². The van der Waals surface area contributed by atoms with Gasteiger partial charge in [-0.15, -0.1) is 0 Å². The number of nitrogens with zero attached hydrogens (tertiary/aromatic N) is 1. The summed E-state index contributed by atoms with van der Waals surface area (Å²) in [4.78, 5) is 24.4. The Hall–Kier alpha value is -2.38. The van der Waals surface area contributed by atoms with Gasteiger partial charge in [0.2, 0.25) is 0 Å². The molecular formula is C17H22F2N2O4. The second-order valence-corrected chi connectivity index (χ2v) is 6.37. The maximum Gasteiger partial charge on any atom is 0.317 e. The number of carbonyl (C=O) groups is 2. The third kappa shape index (κ3) is 5.30. The molecule has 6 nitrogen and oxygen atoms in total. The Bertz CT molecular complexity index is 621. The molecular weight excluding hydrogens is 334 g/mol. The van der Waals surface area contributed by atoms with Crippen LogP contribution >= 0.6 is 0 Å². The zero-order valence-electron chi connectivity index (χ0n) is 14.2. The van der Waals surface area contributed by atoms with Crippen LogP contribution in [0.25, 0.3) is 0 Å². The topological polar surface area (TPSA) is 78.9 Å². The first-order valence-corrected chi connectivity index (χ1v) is 8.13. The molecule has 25 heavy (non-hydrogen) atoms. The number of carboxylic acid groups (broad SMARTS) is 1. The zero-order valence-corrected chi connectivity index (χ0v) is 14.2. The van der Waals surface area contributed by atoms with E-state index in [4.69, 9.17) is 9.84 Å². The van der Waals surface area contributed by atoms with Crippen LogP contribution in [0.2, 0.25) is 0 Å². The fourth-order valence-electron chi connectivity index (χ4n) is 2.84. The fraction of sp³-hybridized carbons (Fsp3) is 0.529. The molecule has 138 valence electrons. The summed E-state index contributed by atoms with van der Waals surface area (Å²) in [5.74, 6) is -3.03. The zero-order chi connectivity index (χ0) is 18.6. The van der Waals surface area contributed by atoms with E-state index in [-0.39, 0.29) is 18.3 Å². The standard InChI is InChI=1S/C17H22F2N2O4/c1-10(16(22)23)9-21(2)17(24)20-14-4-3-5-15(14)25-13-7-11(18)6-12(19)8-13/h6-8,10,14-15H,3-5,9H2,1-2H3,(H,20,24)(H,22,23)/t10?,14-,15+/m0/s1. The minimum atomic E-state index is -0.977. The van der Waals surface area contributed by atoms with Crippen molar-refractivity contribution in [2.45, 2.75) is 38.3 Å². The lowest BCUT2D eigenvalue weighted by Gasteiger charge is -2.26. The number of halogens is 2. The van der Waals surface area contributed by atoms with Crippen LogP contribution in [-0.2, 0) is 4.79 Å². The summed E-state index contributed by atoms with van der Waals surface area (Å²) < 4.78 is 32.2. The number of amides is 2. The smallest absolute Gasteiger partial charge is 0.317 e. The van der Waals surface area contributed by atoms with Gasteiger partial charge in [0.15, 0.2) is 0 Å². The number of carboxylic acids is 1. The van der Waals surface area contributed by atoms with Crippen molar-refractivity contribution in [3.8, 4) is 5.75 Å². The number of rotatable bonds is 6. The van der Waals surface area contributed by atoms with Crippen LogP contribution in [0.3, 0.4) is 0 Å². The monoisotopic (exact) mass is 356 g/mol. The second kappa shape index (κ2) is 8.13. The molecule has 1 fully saturated rings. The summed E-state index contributed by atoms with van der Waals surface area (Å²) in [6, 6.07) is 2.25. The van der Waals surface area contributed by atoms with Crippen LogP contribution < -0.4 is 10.1 Å². The number of nitrogens with one attached hydrogen (secondary N) is 1. The molecule has 0 aliphatic heterocycles. The highest BCUT2D eigenvalue weighted by atomic mass is 19.1. The molecule has 8 heteroatoms. The molecule has 1 unspecified atom stereocenters. The summed E-state index contributed by atoms with van der Waals surface area (Å²) >= 11 is 0. The lowest BCUT2D eigenvalue weighted by Crippen LogP contribution is -2.48. The molecule has 1 aliphatic rings. The van der Waals surface area contributed by atoms with E-state index in [9.17, 15) is 18.4 Å². The molecule has 1 aromatic carbocycles. The van der Waals surface area contributed by atoms with Crippen molar-refractivity contribution in [1.29, 1.82) is 0 Å². The van der Waals surface area contributed by atoms with Gasteiger partial charge in [0.05, 0.1) is 12.0 Å². The second-order valence-electron chi connectivity index (χ2n) is 6.37. The molecule has 0 bridgehead atoms. The molecule has 1 saturated carbocycles. The number of carbonyl (C=O) groups excluding carboxylic acids is 1. The van der Waals surface area contributed by atoms with Gasteiger partial charge in [-0.25, -0.2) is 13.6 Å². The summed E-state index contributed by atoms with van der Waals surface area (Å²) in [6.07, 6.45) is 1.74. The number of ether oxygens (including phenoxy) is 1. The van der Waals surface area contributed by atoms with E-state index in [2.05, 4.69) is 5.32 Å². The Balaban J connectivity index is 1.94. The normalized spacial score (nSPS) is 20.8. The molecule has 3 atom stereocenters. The van der Waals surface area contributed by atoms with Gasteiger partial charge in [-0.3, -0.25) is 4.79 Å². The van der Waals surface area contributed by atoms with Crippen molar-refractivity contribution in [2.24, 2.45) is 5.92 Å². The number of hydrogen-bond acceptors (Lipinski definition) is 3. The van der Waals surface area contributed by atoms with E-state index in [0.717, 1.165) is 24.6 Å². The fourth-order valence-corrected chi connectivity index (χ4v) is 2.84. The molecule has 2 amide bonds. The Morgan fingerprint density at radius 2 is 1.96 bits per heavy atom. The van der Waals surface area contributed by atoms with E-state index in [1.165, 1.54) is 18.9 Å². The van der Waals surface area contributed by atoms with Gasteiger partial charge in [-0.1, -0.05) is 6.92 Å². The van der Waals surface area contributed by atoms with Crippen LogP contribution in [0.5, 0.6) is 5.75 Å². The summed E-state index contributed by atoms with van der Waals surface area (Å²) in [5, 5.41) is 11.7. The van der Waals surface area contributed by atoms with E-state index in [0.29, 0.717) is 12.8 Å². The van der Waals surface area contributed by atoms with Crippen molar-refractivity contribution >= 4 is 12.0 Å². The maximum atomic E-state index is 13.3. The Labute approximate surface area is 144 Å². The maximum absolute atomic E-state index is 13.3. The first-order valence-electron chi connectivity index (χ1n) is 8.13.